The fraction of sp³-hybridized carbons (Fsp3) is 0.714. The zero-order valence-corrected chi connectivity index (χ0v) is 17.4. The summed E-state index contributed by atoms with van der Waals surface area (Å²) in [5.74, 6) is 0.536. The quantitative estimate of drug-likeness (QED) is 0.422. The molecule has 2 aliphatic carbocycles. The fourth-order valence-electron chi connectivity index (χ4n) is 4.57. The molecule has 3 aliphatic rings. The summed E-state index contributed by atoms with van der Waals surface area (Å²) in [5, 5.41) is 10.9. The molecule has 0 spiro atoms. The van der Waals surface area contributed by atoms with E-state index >= 15 is 0 Å². The highest BCUT2D eigenvalue weighted by Gasteiger charge is 2.46. The number of aliphatic hydroxyl groups excluding tert-OH is 1. The molecule has 24 heavy (non-hydrogen) atoms. The molecule has 2 nitrogen and oxygen atoms in total. The van der Waals surface area contributed by atoms with Gasteiger partial charge in [0.2, 0.25) is 0 Å². The summed E-state index contributed by atoms with van der Waals surface area (Å²) in [6.45, 7) is 7.04. The second kappa shape index (κ2) is 7.63. The molecule has 0 bridgehead atoms. The molecule has 1 saturated carbocycles. The van der Waals surface area contributed by atoms with Crippen molar-refractivity contribution in [3.63, 3.8) is 0 Å². The van der Waals surface area contributed by atoms with Crippen molar-refractivity contribution in [1.82, 2.24) is 0 Å². The van der Waals surface area contributed by atoms with Crippen molar-refractivity contribution >= 4 is 22.6 Å². The van der Waals surface area contributed by atoms with Crippen molar-refractivity contribution in [2.45, 2.75) is 84.0 Å². The van der Waals surface area contributed by atoms with Gasteiger partial charge in [-0.2, -0.15) is 0 Å². The third-order valence-corrected chi connectivity index (χ3v) is 7.12. The van der Waals surface area contributed by atoms with Crippen LogP contribution in [0, 0.1) is 11.3 Å². The Labute approximate surface area is 160 Å². The first-order valence-corrected chi connectivity index (χ1v) is 10.6. The van der Waals surface area contributed by atoms with E-state index in [1.165, 1.54) is 41.3 Å². The van der Waals surface area contributed by atoms with Gasteiger partial charge in [-0.15, -0.1) is 0 Å². The van der Waals surface area contributed by atoms with Gasteiger partial charge in [0.05, 0.1) is 12.2 Å². The molecular weight excluding hydrogens is 411 g/mol. The number of ether oxygens (including phenoxy) is 1. The number of fused-ring (bicyclic) bond motifs is 2. The topological polar surface area (TPSA) is 29.5 Å². The minimum Gasteiger partial charge on any atom is -0.389 e. The average molecular weight is 442 g/mol. The smallest absolute Gasteiger partial charge is 0.114 e. The lowest BCUT2D eigenvalue weighted by molar-refractivity contribution is -0.00793. The predicted octanol–water partition coefficient (Wildman–Crippen LogP) is 5.71. The molecule has 0 aromatic rings. The van der Waals surface area contributed by atoms with E-state index < -0.39 is 0 Å². The minimum absolute atomic E-state index is 0.0664. The van der Waals surface area contributed by atoms with Crippen LogP contribution in [0.3, 0.4) is 0 Å². The maximum absolute atomic E-state index is 10.9. The van der Waals surface area contributed by atoms with Gasteiger partial charge in [-0.3, -0.25) is 0 Å². The lowest BCUT2D eigenvalue weighted by Crippen LogP contribution is -2.39. The van der Waals surface area contributed by atoms with Crippen molar-refractivity contribution in [3.05, 3.63) is 33.0 Å². The third kappa shape index (κ3) is 3.68. The van der Waals surface area contributed by atoms with Crippen LogP contribution in [-0.2, 0) is 4.74 Å². The van der Waals surface area contributed by atoms with Crippen molar-refractivity contribution in [2.24, 2.45) is 11.3 Å². The summed E-state index contributed by atoms with van der Waals surface area (Å²) in [6.07, 6.45) is 14.6. The molecule has 0 saturated heterocycles. The van der Waals surface area contributed by atoms with Gasteiger partial charge in [0.1, 0.15) is 6.10 Å². The first kappa shape index (κ1) is 18.7. The average Bonchev–Trinajstić information content (AvgIpc) is 2.92. The summed E-state index contributed by atoms with van der Waals surface area (Å²) >= 11 is 2.37. The summed E-state index contributed by atoms with van der Waals surface area (Å²) in [6, 6.07) is 0. The Bertz CT molecular complexity index is 558. The van der Waals surface area contributed by atoms with E-state index in [4.69, 9.17) is 4.74 Å². The Hall–Kier alpha value is -0.130. The monoisotopic (exact) mass is 442 g/mol. The van der Waals surface area contributed by atoms with Crippen molar-refractivity contribution in [3.8, 4) is 0 Å². The molecule has 4 atom stereocenters. The van der Waals surface area contributed by atoms with Crippen molar-refractivity contribution in [1.29, 1.82) is 0 Å². The van der Waals surface area contributed by atoms with E-state index in [1.807, 2.05) is 0 Å². The molecule has 0 aromatic carbocycles. The van der Waals surface area contributed by atoms with Crippen LogP contribution >= 0.6 is 22.6 Å². The SMILES string of the molecule is CCCCCCC(C)(C)C1CC(O)C2=C3C=CC=C(I)C3OC2C1. The van der Waals surface area contributed by atoms with Crippen LogP contribution in [0.2, 0.25) is 0 Å². The lowest BCUT2D eigenvalue weighted by atomic mass is 9.66. The summed E-state index contributed by atoms with van der Waals surface area (Å²) in [5.41, 5.74) is 2.66. The van der Waals surface area contributed by atoms with Gasteiger partial charge in [-0.1, -0.05) is 58.6 Å². The molecule has 4 unspecified atom stereocenters. The van der Waals surface area contributed by atoms with E-state index in [2.05, 4.69) is 61.6 Å². The van der Waals surface area contributed by atoms with Gasteiger partial charge >= 0.3 is 0 Å². The molecule has 3 rings (SSSR count). The fourth-order valence-corrected chi connectivity index (χ4v) is 5.26. The number of allylic oxidation sites excluding steroid dienone is 2. The first-order valence-electron chi connectivity index (χ1n) is 9.55. The zero-order valence-electron chi connectivity index (χ0n) is 15.2. The molecule has 0 radical (unpaired) electrons. The van der Waals surface area contributed by atoms with Crippen LogP contribution in [-0.4, -0.2) is 23.4 Å². The highest BCUT2D eigenvalue weighted by atomic mass is 127. The molecule has 1 fully saturated rings. The second-order valence-corrected chi connectivity index (χ2v) is 9.56. The molecule has 3 heteroatoms. The molecular formula is C21H31IO2. The number of rotatable bonds is 6. The van der Waals surface area contributed by atoms with Gasteiger partial charge in [0.15, 0.2) is 0 Å². The molecule has 1 N–H and O–H groups in total. The van der Waals surface area contributed by atoms with Gasteiger partial charge in [-0.25, -0.2) is 0 Å². The Morgan fingerprint density at radius 1 is 1.25 bits per heavy atom. The molecule has 0 aromatic heterocycles. The van der Waals surface area contributed by atoms with E-state index in [0.29, 0.717) is 5.92 Å². The van der Waals surface area contributed by atoms with Crippen LogP contribution < -0.4 is 0 Å². The van der Waals surface area contributed by atoms with Crippen LogP contribution in [0.5, 0.6) is 0 Å². The molecule has 1 aliphatic heterocycles. The second-order valence-electron chi connectivity index (χ2n) is 8.31. The number of hydrogen-bond acceptors (Lipinski definition) is 2. The van der Waals surface area contributed by atoms with Crippen LogP contribution in [0.4, 0.5) is 0 Å². The van der Waals surface area contributed by atoms with Crippen molar-refractivity contribution < 1.29 is 9.84 Å². The number of hydrogen-bond donors (Lipinski definition) is 1. The van der Waals surface area contributed by atoms with Gasteiger partial charge < -0.3 is 9.84 Å². The maximum Gasteiger partial charge on any atom is 0.114 e. The van der Waals surface area contributed by atoms with Gasteiger partial charge in [-0.05, 0) is 70.4 Å². The highest BCUT2D eigenvalue weighted by molar-refractivity contribution is 14.1. The van der Waals surface area contributed by atoms with Gasteiger partial charge in [0, 0.05) is 3.58 Å². The predicted molar refractivity (Wildman–Crippen MR) is 108 cm³/mol. The first-order chi connectivity index (χ1) is 11.4. The number of unbranched alkanes of at least 4 members (excludes halogenated alkanes) is 3. The maximum atomic E-state index is 10.9. The summed E-state index contributed by atoms with van der Waals surface area (Å²) < 4.78 is 7.59. The Morgan fingerprint density at radius 3 is 2.79 bits per heavy atom. The largest absolute Gasteiger partial charge is 0.389 e. The lowest BCUT2D eigenvalue weighted by Gasteiger charge is -2.42. The summed E-state index contributed by atoms with van der Waals surface area (Å²) in [7, 11) is 0. The normalized spacial score (nSPS) is 32.6. The Morgan fingerprint density at radius 2 is 2.04 bits per heavy atom. The van der Waals surface area contributed by atoms with E-state index in [1.54, 1.807) is 0 Å². The van der Waals surface area contributed by atoms with Crippen LogP contribution in [0.25, 0.3) is 0 Å². The number of halogens is 1. The standard InChI is InChI=1S/C21H31IO2/c1-4-5-6-7-11-21(2,3)14-12-17(23)19-15-9-8-10-16(22)20(15)24-18(19)13-14/h8-10,14,17-18,20,23H,4-7,11-13H2,1-3H3. The zero-order chi connectivity index (χ0) is 17.3. The van der Waals surface area contributed by atoms with E-state index in [0.717, 1.165) is 18.4 Å². The molecule has 134 valence electrons. The summed E-state index contributed by atoms with van der Waals surface area (Å²) in [4.78, 5) is 0. The van der Waals surface area contributed by atoms with Gasteiger partial charge in [0.25, 0.3) is 0 Å². The molecule has 1 heterocycles. The van der Waals surface area contributed by atoms with Crippen LogP contribution in [0.1, 0.15) is 65.7 Å². The van der Waals surface area contributed by atoms with E-state index in [-0.39, 0.29) is 23.7 Å². The Kier molecular flexibility index (Phi) is 5.93. The van der Waals surface area contributed by atoms with Crippen molar-refractivity contribution in [2.75, 3.05) is 0 Å². The molecule has 0 amide bonds. The third-order valence-electron chi connectivity index (χ3n) is 6.19. The minimum atomic E-state index is -0.337. The van der Waals surface area contributed by atoms with E-state index in [9.17, 15) is 5.11 Å². The van der Waals surface area contributed by atoms with Crippen LogP contribution in [0.15, 0.2) is 33.0 Å². The Balaban J connectivity index is 1.69. The number of aliphatic hydroxyl groups is 1. The highest BCUT2D eigenvalue weighted by Crippen LogP contribution is 2.49.